The first-order chi connectivity index (χ1) is 15.9. The maximum absolute atomic E-state index is 12.8. The highest BCUT2D eigenvalue weighted by Gasteiger charge is 2.27. The second-order valence-electron chi connectivity index (χ2n) is 9.19. The molecule has 2 heterocycles. The van der Waals surface area contributed by atoms with Crippen LogP contribution >= 0.6 is 11.6 Å². The summed E-state index contributed by atoms with van der Waals surface area (Å²) in [6, 6.07) is 3.27. The van der Waals surface area contributed by atoms with Crippen LogP contribution < -0.4 is 21.5 Å². The summed E-state index contributed by atoms with van der Waals surface area (Å²) in [5.41, 5.74) is 12.1. The second kappa shape index (κ2) is 12.4. The van der Waals surface area contributed by atoms with E-state index in [-0.39, 0.29) is 17.9 Å². The number of ether oxygens (including phenoxy) is 1. The minimum absolute atomic E-state index is 0.128. The van der Waals surface area contributed by atoms with Crippen LogP contribution in [-0.2, 0) is 4.79 Å². The number of anilines is 1. The van der Waals surface area contributed by atoms with Crippen LogP contribution in [-0.4, -0.2) is 74.0 Å². The highest BCUT2D eigenvalue weighted by atomic mass is 35.5. The Kier molecular flexibility index (Phi) is 9.64. The van der Waals surface area contributed by atoms with Crippen LogP contribution in [0.15, 0.2) is 12.1 Å². The predicted molar refractivity (Wildman–Crippen MR) is 132 cm³/mol. The lowest BCUT2D eigenvalue weighted by Gasteiger charge is -2.38. The molecular formula is C24H38ClN5O3. The lowest BCUT2D eigenvalue weighted by atomic mass is 9.94. The van der Waals surface area contributed by atoms with Gasteiger partial charge in [-0.2, -0.15) is 0 Å². The summed E-state index contributed by atoms with van der Waals surface area (Å²) in [5.74, 6) is 1.15. The Labute approximate surface area is 201 Å². The molecule has 8 nitrogen and oxygen atoms in total. The number of rotatable bonds is 9. The van der Waals surface area contributed by atoms with E-state index in [1.54, 1.807) is 12.1 Å². The smallest absolute Gasteiger partial charge is 0.255 e. The fourth-order valence-corrected chi connectivity index (χ4v) is 4.91. The number of piperidine rings is 2. The number of likely N-dealkylation sites (tertiary alicyclic amines) is 2. The molecule has 1 aromatic rings. The molecule has 2 aliphatic rings. The van der Waals surface area contributed by atoms with Crippen LogP contribution in [0.5, 0.6) is 5.75 Å². The largest absolute Gasteiger partial charge is 0.496 e. The molecule has 184 valence electrons. The van der Waals surface area contributed by atoms with Crippen LogP contribution in [0.3, 0.4) is 0 Å². The van der Waals surface area contributed by atoms with Crippen molar-refractivity contribution in [3.05, 3.63) is 22.7 Å². The lowest BCUT2D eigenvalue weighted by Crippen LogP contribution is -2.47. The monoisotopic (exact) mass is 479 g/mol. The van der Waals surface area contributed by atoms with E-state index < -0.39 is 0 Å². The number of halogens is 1. The molecular weight excluding hydrogens is 442 g/mol. The Morgan fingerprint density at radius 2 is 1.82 bits per heavy atom. The molecule has 0 atom stereocenters. The summed E-state index contributed by atoms with van der Waals surface area (Å²) in [7, 11) is 1.51. The number of hydrogen-bond donors (Lipinski definition) is 3. The third-order valence-electron chi connectivity index (χ3n) is 6.81. The Bertz CT molecular complexity index is 806. The summed E-state index contributed by atoms with van der Waals surface area (Å²) in [6.45, 7) is 5.37. The maximum atomic E-state index is 12.8. The first kappa shape index (κ1) is 25.6. The molecule has 2 saturated heterocycles. The number of unbranched alkanes of at least 4 members (excludes halogenated alkanes) is 1. The molecule has 0 aliphatic carbocycles. The average Bonchev–Trinajstić information content (AvgIpc) is 2.82. The summed E-state index contributed by atoms with van der Waals surface area (Å²) < 4.78 is 5.30. The number of nitrogens with two attached hydrogens (primary N) is 2. The van der Waals surface area contributed by atoms with Crippen LogP contribution in [0.4, 0.5) is 5.69 Å². The van der Waals surface area contributed by atoms with E-state index in [4.69, 9.17) is 27.8 Å². The third-order valence-corrected chi connectivity index (χ3v) is 7.14. The quantitative estimate of drug-likeness (QED) is 0.370. The molecule has 3 rings (SSSR count). The molecule has 0 bridgehead atoms. The summed E-state index contributed by atoms with van der Waals surface area (Å²) in [5, 5.41) is 3.47. The zero-order chi connectivity index (χ0) is 23.8. The average molecular weight is 480 g/mol. The van der Waals surface area contributed by atoms with Gasteiger partial charge in [0.1, 0.15) is 5.75 Å². The number of nitrogens with one attached hydrogen (secondary N) is 1. The molecule has 1 aromatic carbocycles. The van der Waals surface area contributed by atoms with Gasteiger partial charge in [-0.05, 0) is 57.1 Å². The zero-order valence-corrected chi connectivity index (χ0v) is 20.4. The number of amides is 2. The van der Waals surface area contributed by atoms with E-state index in [0.717, 1.165) is 71.2 Å². The lowest BCUT2D eigenvalue weighted by molar-refractivity contribution is -0.132. The number of nitrogen functional groups attached to an aromatic ring is 1. The van der Waals surface area contributed by atoms with Gasteiger partial charge < -0.3 is 31.3 Å². The summed E-state index contributed by atoms with van der Waals surface area (Å²) in [6.07, 6.45) is 6.38. The molecule has 0 spiro atoms. The van der Waals surface area contributed by atoms with Crippen LogP contribution in [0.1, 0.15) is 55.3 Å². The summed E-state index contributed by atoms with van der Waals surface area (Å²) in [4.78, 5) is 29.6. The Morgan fingerprint density at radius 3 is 2.45 bits per heavy atom. The number of benzene rings is 1. The van der Waals surface area contributed by atoms with Gasteiger partial charge in [-0.15, -0.1) is 0 Å². The predicted octanol–water partition coefficient (Wildman–Crippen LogP) is 2.49. The van der Waals surface area contributed by atoms with Crippen molar-refractivity contribution >= 4 is 29.1 Å². The number of carbonyl (C=O) groups is 2. The fraction of sp³-hybridized carbons (Fsp3) is 0.667. The highest BCUT2D eigenvalue weighted by Crippen LogP contribution is 2.29. The molecule has 0 radical (unpaired) electrons. The number of nitrogens with zero attached hydrogens (tertiary/aromatic N) is 2. The molecule has 5 N–H and O–H groups in total. The number of carbonyl (C=O) groups excluding carboxylic acids is 2. The Balaban J connectivity index is 1.39. The van der Waals surface area contributed by atoms with E-state index in [1.807, 2.05) is 4.90 Å². The number of hydrogen-bond acceptors (Lipinski definition) is 6. The van der Waals surface area contributed by atoms with Crippen molar-refractivity contribution in [1.82, 2.24) is 15.1 Å². The third kappa shape index (κ3) is 7.22. The maximum Gasteiger partial charge on any atom is 0.255 e. The van der Waals surface area contributed by atoms with Crippen LogP contribution in [0.25, 0.3) is 0 Å². The topological polar surface area (TPSA) is 114 Å². The van der Waals surface area contributed by atoms with Gasteiger partial charge in [0.05, 0.1) is 23.4 Å². The molecule has 0 unspecified atom stereocenters. The Morgan fingerprint density at radius 1 is 1.12 bits per heavy atom. The van der Waals surface area contributed by atoms with Gasteiger partial charge in [-0.25, -0.2) is 0 Å². The van der Waals surface area contributed by atoms with E-state index in [9.17, 15) is 9.59 Å². The SMILES string of the molecule is COc1cc(N)c(Cl)cc1C(=O)NC1CCN(CC2CCN(C(=O)CCCCN)CC2)CC1. The molecule has 33 heavy (non-hydrogen) atoms. The fourth-order valence-electron chi connectivity index (χ4n) is 4.75. The van der Waals surface area contributed by atoms with E-state index in [0.29, 0.717) is 40.9 Å². The molecule has 2 aliphatic heterocycles. The zero-order valence-electron chi connectivity index (χ0n) is 19.7. The first-order valence-electron chi connectivity index (χ1n) is 12.0. The van der Waals surface area contributed by atoms with Crippen molar-refractivity contribution in [1.29, 1.82) is 0 Å². The van der Waals surface area contributed by atoms with Crippen molar-refractivity contribution < 1.29 is 14.3 Å². The second-order valence-corrected chi connectivity index (χ2v) is 9.60. The van der Waals surface area contributed by atoms with Crippen molar-refractivity contribution in [3.63, 3.8) is 0 Å². The molecule has 0 saturated carbocycles. The van der Waals surface area contributed by atoms with Gasteiger partial charge in [-0.1, -0.05) is 11.6 Å². The van der Waals surface area contributed by atoms with Crippen LogP contribution in [0.2, 0.25) is 5.02 Å². The van der Waals surface area contributed by atoms with Gasteiger partial charge in [0, 0.05) is 51.3 Å². The molecule has 0 aromatic heterocycles. The van der Waals surface area contributed by atoms with Crippen molar-refractivity contribution in [2.45, 2.75) is 51.0 Å². The minimum Gasteiger partial charge on any atom is -0.496 e. The van der Waals surface area contributed by atoms with Crippen molar-refractivity contribution in [3.8, 4) is 5.75 Å². The van der Waals surface area contributed by atoms with Gasteiger partial charge in [0.2, 0.25) is 5.91 Å². The van der Waals surface area contributed by atoms with E-state index >= 15 is 0 Å². The van der Waals surface area contributed by atoms with Gasteiger partial charge in [0.15, 0.2) is 0 Å². The van der Waals surface area contributed by atoms with Gasteiger partial charge >= 0.3 is 0 Å². The molecule has 9 heteroatoms. The standard InChI is InChI=1S/C24H38ClN5O3/c1-33-22-15-21(27)20(25)14-19(22)24(32)28-18-7-10-29(11-8-18)16-17-5-12-30(13-6-17)23(31)4-2-3-9-26/h14-15,17-18H,2-13,16,26-27H2,1H3,(H,28,32). The summed E-state index contributed by atoms with van der Waals surface area (Å²) >= 11 is 6.10. The van der Waals surface area contributed by atoms with Gasteiger partial charge in [-0.3, -0.25) is 9.59 Å². The van der Waals surface area contributed by atoms with Crippen LogP contribution in [0, 0.1) is 5.92 Å². The number of methoxy groups -OCH3 is 1. The minimum atomic E-state index is -0.185. The van der Waals surface area contributed by atoms with E-state index in [1.165, 1.54) is 7.11 Å². The normalized spacial score (nSPS) is 18.3. The molecule has 2 fully saturated rings. The van der Waals surface area contributed by atoms with Crippen molar-refractivity contribution in [2.24, 2.45) is 11.7 Å². The van der Waals surface area contributed by atoms with Crippen molar-refractivity contribution in [2.75, 3.05) is 52.1 Å². The first-order valence-corrected chi connectivity index (χ1v) is 12.4. The highest BCUT2D eigenvalue weighted by molar-refractivity contribution is 6.33. The molecule has 2 amide bonds. The van der Waals surface area contributed by atoms with E-state index in [2.05, 4.69) is 10.2 Å². The Hall–Kier alpha value is -2.03. The van der Waals surface area contributed by atoms with Gasteiger partial charge in [0.25, 0.3) is 5.91 Å².